The van der Waals surface area contributed by atoms with Gasteiger partial charge in [-0.25, -0.2) is 0 Å². The summed E-state index contributed by atoms with van der Waals surface area (Å²) in [7, 11) is 0. The largest absolute Gasteiger partial charge is 0.347 e. The predicted octanol–water partition coefficient (Wildman–Crippen LogP) is 2.47. The van der Waals surface area contributed by atoms with Crippen LogP contribution in [0.4, 0.5) is 5.69 Å². The van der Waals surface area contributed by atoms with Gasteiger partial charge in [0, 0.05) is 10.9 Å². The molecule has 5 nitrogen and oxygen atoms in total. The Morgan fingerprint density at radius 1 is 1.23 bits per heavy atom. The Kier molecular flexibility index (Phi) is 7.96. The van der Waals surface area contributed by atoms with E-state index in [1.54, 1.807) is 18.2 Å². The first-order valence-electron chi connectivity index (χ1n) is 6.79. The molecule has 1 aliphatic heterocycles. The standard InChI is InChI=1S/C14H17Cl2N3O2.ClH/c15-10-1-2-11(16)12(7-10)19-13(20)8-18-14(21)9-3-5-17-6-4-9;/h1-2,7,9,17H,3-6,8H2,(H,18,21)(H,19,20);1H. The SMILES string of the molecule is Cl.O=C(CNC(=O)C1CCNCC1)Nc1cc(Cl)ccc1Cl. The lowest BCUT2D eigenvalue weighted by molar-refractivity contribution is -0.127. The first kappa shape index (κ1) is 19.0. The Hall–Kier alpha value is -1.01. The van der Waals surface area contributed by atoms with Crippen LogP contribution in [0.5, 0.6) is 0 Å². The van der Waals surface area contributed by atoms with Gasteiger partial charge in [0.15, 0.2) is 0 Å². The fraction of sp³-hybridized carbons (Fsp3) is 0.429. The van der Waals surface area contributed by atoms with Crippen molar-refractivity contribution in [1.29, 1.82) is 0 Å². The van der Waals surface area contributed by atoms with Crippen LogP contribution in [0.25, 0.3) is 0 Å². The smallest absolute Gasteiger partial charge is 0.243 e. The van der Waals surface area contributed by atoms with Gasteiger partial charge in [-0.05, 0) is 44.1 Å². The summed E-state index contributed by atoms with van der Waals surface area (Å²) >= 11 is 11.8. The Balaban J connectivity index is 0.00000242. The third-order valence-electron chi connectivity index (χ3n) is 3.34. The van der Waals surface area contributed by atoms with E-state index in [1.165, 1.54) is 0 Å². The van der Waals surface area contributed by atoms with Gasteiger partial charge in [0.2, 0.25) is 11.8 Å². The molecule has 0 atom stereocenters. The maximum Gasteiger partial charge on any atom is 0.243 e. The van der Waals surface area contributed by atoms with Crippen molar-refractivity contribution in [1.82, 2.24) is 10.6 Å². The summed E-state index contributed by atoms with van der Waals surface area (Å²) in [6.45, 7) is 1.59. The zero-order valence-corrected chi connectivity index (χ0v) is 14.2. The molecule has 122 valence electrons. The number of piperidine rings is 1. The third kappa shape index (κ3) is 5.65. The molecule has 0 saturated carbocycles. The predicted molar refractivity (Wildman–Crippen MR) is 90.9 cm³/mol. The summed E-state index contributed by atoms with van der Waals surface area (Å²) in [6.07, 6.45) is 1.60. The Labute approximate surface area is 145 Å². The number of nitrogens with one attached hydrogen (secondary N) is 3. The van der Waals surface area contributed by atoms with Gasteiger partial charge in [0.05, 0.1) is 17.3 Å². The van der Waals surface area contributed by atoms with Crippen LogP contribution < -0.4 is 16.0 Å². The Bertz CT molecular complexity index is 534. The molecule has 22 heavy (non-hydrogen) atoms. The molecule has 3 N–H and O–H groups in total. The molecule has 0 aliphatic carbocycles. The Morgan fingerprint density at radius 2 is 1.91 bits per heavy atom. The van der Waals surface area contributed by atoms with Crippen molar-refractivity contribution in [3.05, 3.63) is 28.2 Å². The van der Waals surface area contributed by atoms with E-state index in [0.717, 1.165) is 25.9 Å². The molecular formula is C14H18Cl3N3O2. The number of carbonyl (C=O) groups is 2. The summed E-state index contributed by atoms with van der Waals surface area (Å²) in [6, 6.07) is 4.81. The van der Waals surface area contributed by atoms with Crippen LogP contribution in [0.3, 0.4) is 0 Å². The van der Waals surface area contributed by atoms with Crippen LogP contribution in [0.2, 0.25) is 10.0 Å². The topological polar surface area (TPSA) is 70.2 Å². The van der Waals surface area contributed by atoms with E-state index in [4.69, 9.17) is 23.2 Å². The number of hydrogen-bond donors (Lipinski definition) is 3. The number of amides is 2. The zero-order chi connectivity index (χ0) is 15.2. The molecule has 1 fully saturated rings. The highest BCUT2D eigenvalue weighted by molar-refractivity contribution is 6.35. The molecule has 0 aromatic heterocycles. The van der Waals surface area contributed by atoms with Crippen molar-refractivity contribution in [2.45, 2.75) is 12.8 Å². The van der Waals surface area contributed by atoms with Crippen LogP contribution >= 0.6 is 35.6 Å². The van der Waals surface area contributed by atoms with Gasteiger partial charge in [-0.2, -0.15) is 0 Å². The van der Waals surface area contributed by atoms with Gasteiger partial charge >= 0.3 is 0 Å². The fourth-order valence-electron chi connectivity index (χ4n) is 2.18. The van der Waals surface area contributed by atoms with Crippen LogP contribution in [0.15, 0.2) is 18.2 Å². The molecule has 1 aromatic rings. The van der Waals surface area contributed by atoms with Crippen molar-refractivity contribution >= 4 is 53.1 Å². The minimum atomic E-state index is -0.332. The fourth-order valence-corrected chi connectivity index (χ4v) is 2.52. The van der Waals surface area contributed by atoms with Crippen molar-refractivity contribution in [2.24, 2.45) is 5.92 Å². The lowest BCUT2D eigenvalue weighted by atomic mass is 9.97. The van der Waals surface area contributed by atoms with E-state index in [9.17, 15) is 9.59 Å². The second-order valence-electron chi connectivity index (χ2n) is 4.91. The lowest BCUT2D eigenvalue weighted by Gasteiger charge is -2.21. The molecule has 2 rings (SSSR count). The van der Waals surface area contributed by atoms with Gasteiger partial charge in [0.25, 0.3) is 0 Å². The number of rotatable bonds is 4. The molecule has 0 bridgehead atoms. The molecule has 1 aromatic carbocycles. The average Bonchev–Trinajstić information content (AvgIpc) is 2.49. The molecular weight excluding hydrogens is 349 g/mol. The molecule has 0 unspecified atom stereocenters. The van der Waals surface area contributed by atoms with Crippen LogP contribution in [0.1, 0.15) is 12.8 Å². The minimum Gasteiger partial charge on any atom is -0.347 e. The average molecular weight is 367 g/mol. The first-order valence-corrected chi connectivity index (χ1v) is 7.55. The molecule has 0 radical (unpaired) electrons. The molecule has 1 heterocycles. The second-order valence-corrected chi connectivity index (χ2v) is 5.76. The maximum atomic E-state index is 11.9. The highest BCUT2D eigenvalue weighted by Crippen LogP contribution is 2.25. The lowest BCUT2D eigenvalue weighted by Crippen LogP contribution is -2.41. The normalized spacial score (nSPS) is 14.8. The first-order chi connectivity index (χ1) is 10.1. The summed E-state index contributed by atoms with van der Waals surface area (Å²) in [5.41, 5.74) is 0.435. The summed E-state index contributed by atoms with van der Waals surface area (Å²) in [5, 5.41) is 9.35. The number of anilines is 1. The summed E-state index contributed by atoms with van der Waals surface area (Å²) < 4.78 is 0. The molecule has 2 amide bonds. The second kappa shape index (κ2) is 9.20. The number of halogens is 3. The number of carbonyl (C=O) groups excluding carboxylic acids is 2. The van der Waals surface area contributed by atoms with E-state index in [1.807, 2.05) is 0 Å². The minimum absolute atomic E-state index is 0. The third-order valence-corrected chi connectivity index (χ3v) is 3.90. The van der Waals surface area contributed by atoms with E-state index in [2.05, 4.69) is 16.0 Å². The van der Waals surface area contributed by atoms with Gasteiger partial charge in [0.1, 0.15) is 0 Å². The van der Waals surface area contributed by atoms with E-state index in [0.29, 0.717) is 15.7 Å². The van der Waals surface area contributed by atoms with Gasteiger partial charge < -0.3 is 16.0 Å². The quantitative estimate of drug-likeness (QED) is 0.766. The van der Waals surface area contributed by atoms with E-state index in [-0.39, 0.29) is 36.7 Å². The van der Waals surface area contributed by atoms with Crippen LogP contribution in [0, 0.1) is 5.92 Å². The molecule has 8 heteroatoms. The van der Waals surface area contributed by atoms with E-state index < -0.39 is 0 Å². The van der Waals surface area contributed by atoms with Crippen molar-refractivity contribution in [3.63, 3.8) is 0 Å². The molecule has 1 saturated heterocycles. The van der Waals surface area contributed by atoms with E-state index >= 15 is 0 Å². The van der Waals surface area contributed by atoms with Crippen molar-refractivity contribution in [2.75, 3.05) is 25.0 Å². The molecule has 1 aliphatic rings. The highest BCUT2D eigenvalue weighted by atomic mass is 35.5. The van der Waals surface area contributed by atoms with Crippen LogP contribution in [-0.2, 0) is 9.59 Å². The van der Waals surface area contributed by atoms with Crippen molar-refractivity contribution in [3.8, 4) is 0 Å². The van der Waals surface area contributed by atoms with Gasteiger partial charge in [-0.15, -0.1) is 12.4 Å². The van der Waals surface area contributed by atoms with Crippen molar-refractivity contribution < 1.29 is 9.59 Å². The monoisotopic (exact) mass is 365 g/mol. The Morgan fingerprint density at radius 3 is 2.59 bits per heavy atom. The summed E-state index contributed by atoms with van der Waals surface area (Å²) in [4.78, 5) is 23.7. The zero-order valence-electron chi connectivity index (χ0n) is 11.8. The van der Waals surface area contributed by atoms with Gasteiger partial charge in [-0.3, -0.25) is 9.59 Å². The molecule has 0 spiro atoms. The van der Waals surface area contributed by atoms with Crippen LogP contribution in [-0.4, -0.2) is 31.4 Å². The number of hydrogen-bond acceptors (Lipinski definition) is 3. The van der Waals surface area contributed by atoms with Gasteiger partial charge in [-0.1, -0.05) is 23.2 Å². The number of benzene rings is 1. The maximum absolute atomic E-state index is 11.9. The summed E-state index contributed by atoms with van der Waals surface area (Å²) in [5.74, 6) is -0.431. The highest BCUT2D eigenvalue weighted by Gasteiger charge is 2.21.